The highest BCUT2D eigenvalue weighted by molar-refractivity contribution is 6.20. The topological polar surface area (TPSA) is 46.2 Å². The summed E-state index contributed by atoms with van der Waals surface area (Å²) in [5.74, 6) is 0.388. The van der Waals surface area contributed by atoms with Gasteiger partial charge < -0.3 is 5.32 Å². The Morgan fingerprint density at radius 1 is 0.833 bits per heavy atom. The van der Waals surface area contributed by atoms with E-state index in [-0.39, 0.29) is 11.7 Å². The molecule has 0 heterocycles. The lowest BCUT2D eigenvalue weighted by Gasteiger charge is -2.17. The Morgan fingerprint density at radius 3 is 1.98 bits per heavy atom. The molecule has 3 aromatic rings. The Bertz CT molecular complexity index is 1470. The summed E-state index contributed by atoms with van der Waals surface area (Å²) in [5, 5.41) is 3.06. The van der Waals surface area contributed by atoms with Gasteiger partial charge in [-0.25, -0.2) is 0 Å². The normalized spacial score (nSPS) is 10.8. The summed E-state index contributed by atoms with van der Waals surface area (Å²) in [6, 6.07) is 23.5. The molecule has 48 heavy (non-hydrogen) atoms. The van der Waals surface area contributed by atoms with Crippen LogP contribution >= 0.6 is 0 Å². The molecule has 0 fully saturated rings. The van der Waals surface area contributed by atoms with Crippen molar-refractivity contribution in [2.75, 3.05) is 6.54 Å². The van der Waals surface area contributed by atoms with Gasteiger partial charge in [0.15, 0.2) is 5.78 Å². The minimum absolute atomic E-state index is 0.0579. The van der Waals surface area contributed by atoms with Gasteiger partial charge in [0.1, 0.15) is 0 Å². The van der Waals surface area contributed by atoms with Crippen molar-refractivity contribution in [1.82, 2.24) is 5.32 Å². The van der Waals surface area contributed by atoms with Gasteiger partial charge in [-0.15, -0.1) is 0 Å². The molecule has 0 spiro atoms. The number of amides is 1. The van der Waals surface area contributed by atoms with Crippen LogP contribution in [0.4, 0.5) is 0 Å². The predicted octanol–water partition coefficient (Wildman–Crippen LogP) is 11.8. The van der Waals surface area contributed by atoms with Crippen LogP contribution < -0.4 is 5.32 Å². The summed E-state index contributed by atoms with van der Waals surface area (Å²) in [7, 11) is 0. The standard InChI is InChI=1S/C25H31NO.C11H16.C7H10O.C2H6/c1-7-20-14-13-18(5)15-24(20)19(6)16-26-25(27)21(8-2)23-12-10-9-11-22(23)17(3)4;1-3-5-11-8-6-10(4-2)7-9-11;1-3-4-5-6-7(2)8;1-2/h8-15,17H,6-7,16H2,1-5H3,(H,26,27);6-9H,3-5H2,1-2H3;3-6H,1-2H3;1-2H3/b21-8+;;4-3-,6-5-;. The highest BCUT2D eigenvalue weighted by atomic mass is 16.1. The Balaban J connectivity index is 0.000000859. The second-order valence-electron chi connectivity index (χ2n) is 11.7. The molecule has 3 rings (SSSR count). The van der Waals surface area contributed by atoms with Crippen molar-refractivity contribution < 1.29 is 9.59 Å². The number of nitrogens with one attached hydrogen (secondary N) is 1. The van der Waals surface area contributed by atoms with Crippen LogP contribution in [0.3, 0.4) is 0 Å². The highest BCUT2D eigenvalue weighted by Crippen LogP contribution is 2.26. The van der Waals surface area contributed by atoms with Crippen LogP contribution in [0.5, 0.6) is 0 Å². The third kappa shape index (κ3) is 16.5. The average molecular weight is 650 g/mol. The van der Waals surface area contributed by atoms with Crippen LogP contribution in [0.1, 0.15) is 121 Å². The molecule has 0 bridgehead atoms. The second-order valence-corrected chi connectivity index (χ2v) is 11.7. The van der Waals surface area contributed by atoms with Crippen LogP contribution in [0, 0.1) is 6.92 Å². The van der Waals surface area contributed by atoms with Crippen LogP contribution in [0.2, 0.25) is 0 Å². The number of rotatable bonds is 12. The Labute approximate surface area is 294 Å². The zero-order valence-electron chi connectivity index (χ0n) is 31.9. The fourth-order valence-corrected chi connectivity index (χ4v) is 4.89. The molecule has 3 nitrogen and oxygen atoms in total. The molecule has 0 saturated carbocycles. The molecule has 3 heteroatoms. The van der Waals surface area contributed by atoms with Crippen molar-refractivity contribution in [3.8, 4) is 0 Å². The number of hydrogen-bond acceptors (Lipinski definition) is 2. The molecule has 0 aliphatic rings. The number of hydrogen-bond donors (Lipinski definition) is 1. The smallest absolute Gasteiger partial charge is 0.251 e. The number of carbonyl (C=O) groups excluding carboxylic acids is 2. The fourth-order valence-electron chi connectivity index (χ4n) is 4.89. The van der Waals surface area contributed by atoms with Gasteiger partial charge in [0, 0.05) is 12.1 Å². The number of allylic oxidation sites excluding steroid dienone is 5. The van der Waals surface area contributed by atoms with Gasteiger partial charge in [-0.2, -0.15) is 0 Å². The molecule has 1 amide bonds. The minimum atomic E-state index is -0.0579. The molecule has 3 aromatic carbocycles. The number of ketones is 1. The van der Waals surface area contributed by atoms with E-state index < -0.39 is 0 Å². The Hall–Kier alpha value is -4.24. The van der Waals surface area contributed by atoms with Gasteiger partial charge in [-0.05, 0) is 97.9 Å². The molecule has 0 unspecified atom stereocenters. The van der Waals surface area contributed by atoms with Crippen LogP contribution in [0.15, 0.2) is 104 Å². The zero-order valence-corrected chi connectivity index (χ0v) is 31.9. The van der Waals surface area contributed by atoms with Crippen LogP contribution in [-0.2, 0) is 28.9 Å². The molecule has 0 saturated heterocycles. The minimum Gasteiger partial charge on any atom is -0.348 e. The first-order valence-corrected chi connectivity index (χ1v) is 17.7. The van der Waals surface area contributed by atoms with Crippen molar-refractivity contribution in [3.05, 3.63) is 143 Å². The molecular weight excluding hydrogens is 587 g/mol. The summed E-state index contributed by atoms with van der Waals surface area (Å²) in [6.07, 6.45) is 13.4. The maximum atomic E-state index is 12.9. The number of carbonyl (C=O) groups is 2. The highest BCUT2D eigenvalue weighted by Gasteiger charge is 2.16. The van der Waals surface area contributed by atoms with E-state index in [0.29, 0.717) is 18.0 Å². The van der Waals surface area contributed by atoms with E-state index in [1.165, 1.54) is 53.7 Å². The van der Waals surface area contributed by atoms with Gasteiger partial charge in [0.05, 0.1) is 0 Å². The van der Waals surface area contributed by atoms with Gasteiger partial charge in [0.25, 0.3) is 5.91 Å². The lowest BCUT2D eigenvalue weighted by Crippen LogP contribution is -2.26. The van der Waals surface area contributed by atoms with E-state index in [4.69, 9.17) is 0 Å². The third-order valence-corrected chi connectivity index (χ3v) is 7.50. The van der Waals surface area contributed by atoms with Gasteiger partial charge >= 0.3 is 0 Å². The molecule has 0 aliphatic carbocycles. The lowest BCUT2D eigenvalue weighted by molar-refractivity contribution is -0.115. The van der Waals surface area contributed by atoms with Crippen molar-refractivity contribution in [2.24, 2.45) is 0 Å². The second kappa shape index (κ2) is 25.8. The van der Waals surface area contributed by atoms with E-state index in [9.17, 15) is 9.59 Å². The molecule has 0 radical (unpaired) electrons. The summed E-state index contributed by atoms with van der Waals surface area (Å²) >= 11 is 0. The predicted molar refractivity (Wildman–Crippen MR) is 213 cm³/mol. The van der Waals surface area contributed by atoms with E-state index in [0.717, 1.165) is 29.5 Å². The quantitative estimate of drug-likeness (QED) is 0.157. The molecule has 0 aromatic heterocycles. The summed E-state index contributed by atoms with van der Waals surface area (Å²) in [6.45, 7) is 26.9. The SMILES string of the molecule is C/C=C\C=C/C(C)=O.C=C(CNC(=O)/C(=C/C)c1ccccc1C(C)C)c1cc(C)ccc1CC.CC.CCCc1ccc(CC)cc1. The van der Waals surface area contributed by atoms with E-state index in [1.54, 1.807) is 6.08 Å². The molecule has 260 valence electrons. The van der Waals surface area contributed by atoms with Crippen LogP contribution in [0.25, 0.3) is 11.1 Å². The molecule has 1 N–H and O–H groups in total. The molecule has 0 atom stereocenters. The monoisotopic (exact) mass is 649 g/mol. The maximum Gasteiger partial charge on any atom is 0.251 e. The van der Waals surface area contributed by atoms with Gasteiger partial charge in [0.2, 0.25) is 0 Å². The number of aryl methyl sites for hydroxylation is 4. The van der Waals surface area contributed by atoms with E-state index in [2.05, 4.69) is 102 Å². The average Bonchev–Trinajstić information content (AvgIpc) is 3.09. The van der Waals surface area contributed by atoms with Gasteiger partial charge in [-0.1, -0.05) is 158 Å². The number of benzene rings is 3. The third-order valence-electron chi connectivity index (χ3n) is 7.50. The zero-order chi connectivity index (χ0) is 36.5. The first-order chi connectivity index (χ1) is 23.0. The van der Waals surface area contributed by atoms with Crippen molar-refractivity contribution >= 4 is 22.8 Å². The maximum absolute atomic E-state index is 12.9. The van der Waals surface area contributed by atoms with Crippen molar-refractivity contribution in [3.63, 3.8) is 0 Å². The van der Waals surface area contributed by atoms with Crippen molar-refractivity contribution in [1.29, 1.82) is 0 Å². The summed E-state index contributed by atoms with van der Waals surface area (Å²) in [5.41, 5.74) is 10.3. The van der Waals surface area contributed by atoms with Crippen molar-refractivity contribution in [2.45, 2.75) is 108 Å². The van der Waals surface area contributed by atoms with Gasteiger partial charge in [-0.3, -0.25) is 9.59 Å². The first-order valence-electron chi connectivity index (χ1n) is 17.7. The lowest BCUT2D eigenvalue weighted by atomic mass is 9.92. The summed E-state index contributed by atoms with van der Waals surface area (Å²) in [4.78, 5) is 23.1. The fraction of sp³-hybridized carbons (Fsp3) is 0.378. The Kier molecular flexibility index (Phi) is 23.5. The summed E-state index contributed by atoms with van der Waals surface area (Å²) < 4.78 is 0. The molecular formula is C45H63NO2. The first kappa shape index (κ1) is 43.8. The largest absolute Gasteiger partial charge is 0.348 e. The molecule has 0 aliphatic heterocycles. The Morgan fingerprint density at radius 2 is 1.46 bits per heavy atom. The van der Waals surface area contributed by atoms with E-state index in [1.807, 2.05) is 64.1 Å². The van der Waals surface area contributed by atoms with E-state index >= 15 is 0 Å². The van der Waals surface area contributed by atoms with Crippen LogP contribution in [-0.4, -0.2) is 18.2 Å².